The molecule has 0 radical (unpaired) electrons. The first-order chi connectivity index (χ1) is 35.9. The summed E-state index contributed by atoms with van der Waals surface area (Å²) in [5, 5.41) is 17.3. The Balaban J connectivity index is 0.000000203. The van der Waals surface area contributed by atoms with E-state index in [2.05, 4.69) is 40.4 Å². The van der Waals surface area contributed by atoms with E-state index in [1.54, 1.807) is 31.7 Å². The van der Waals surface area contributed by atoms with E-state index < -0.39 is 58.7 Å². The van der Waals surface area contributed by atoms with Crippen LogP contribution in [0.5, 0.6) is 5.75 Å². The maximum Gasteiger partial charge on any atom is 0.420 e. The van der Waals surface area contributed by atoms with Crippen LogP contribution in [0.3, 0.4) is 0 Å². The van der Waals surface area contributed by atoms with Gasteiger partial charge >= 0.3 is 24.5 Å². The zero-order chi connectivity index (χ0) is 53.4. The summed E-state index contributed by atoms with van der Waals surface area (Å²) in [4.78, 5) is 60.9. The van der Waals surface area contributed by atoms with Crippen molar-refractivity contribution in [2.75, 3.05) is 89.4 Å². The number of non-ortho nitro benzene ring substituents is 1. The molecule has 3 aromatic carbocycles. The normalized spacial score (nSPS) is 19.7. The number of nitro benzene ring substituents is 1. The number of ether oxygens (including phenoxy) is 4. The number of aromatic nitrogens is 4. The molecule has 2 N–H and O–H groups in total. The SMILES string of the molecule is CCOC(=O)N1c2ccc(C(F)(F)F)cc2[C@@H](Nc2ncc(N3CCOCC3)cn2)C[C@H]1CC.CC[C@@H]1C[C@H](Nc2ncc(N3CCOCC3)cn2)c2cc(C(F)(F)F)ccc2N1C(=O)Oc1ccc([N+](=O)[O-])cc1. The van der Waals surface area contributed by atoms with Gasteiger partial charge in [0.2, 0.25) is 11.9 Å². The van der Waals surface area contributed by atoms with Crippen LogP contribution in [-0.4, -0.2) is 108 Å². The van der Waals surface area contributed by atoms with E-state index in [-0.39, 0.29) is 47.7 Å². The first-order valence-electron chi connectivity index (χ1n) is 24.4. The highest BCUT2D eigenvalue weighted by Crippen LogP contribution is 2.45. The van der Waals surface area contributed by atoms with Crippen molar-refractivity contribution >= 4 is 52.5 Å². The van der Waals surface area contributed by atoms with Crippen LogP contribution in [0.25, 0.3) is 0 Å². The molecule has 400 valence electrons. The molecule has 2 fully saturated rings. The smallest absolute Gasteiger partial charge is 0.420 e. The molecule has 25 heteroatoms. The number of nitrogens with zero attached hydrogens (tertiary/aromatic N) is 9. The van der Waals surface area contributed by atoms with Crippen LogP contribution in [0.4, 0.5) is 76.3 Å². The summed E-state index contributed by atoms with van der Waals surface area (Å²) in [7, 11) is 0. The molecule has 2 saturated heterocycles. The number of benzene rings is 3. The Morgan fingerprint density at radius 1 is 0.653 bits per heavy atom. The van der Waals surface area contributed by atoms with Crippen molar-refractivity contribution in [1.29, 1.82) is 0 Å². The molecule has 2 aromatic heterocycles. The van der Waals surface area contributed by atoms with Gasteiger partial charge in [-0.05, 0) is 92.3 Å². The number of carbonyl (C=O) groups excluding carboxylic acids is 2. The zero-order valence-electron chi connectivity index (χ0n) is 41.1. The number of carbonyl (C=O) groups is 2. The maximum atomic E-state index is 13.7. The minimum absolute atomic E-state index is 0.0675. The minimum Gasteiger partial charge on any atom is -0.449 e. The van der Waals surface area contributed by atoms with Crippen molar-refractivity contribution in [2.24, 2.45) is 0 Å². The largest absolute Gasteiger partial charge is 0.449 e. The van der Waals surface area contributed by atoms with Crippen LogP contribution >= 0.6 is 0 Å². The van der Waals surface area contributed by atoms with Crippen LogP contribution < -0.4 is 35.0 Å². The molecule has 4 atom stereocenters. The highest BCUT2D eigenvalue weighted by Gasteiger charge is 2.41. The highest BCUT2D eigenvalue weighted by atomic mass is 19.4. The maximum absolute atomic E-state index is 13.7. The van der Waals surface area contributed by atoms with Gasteiger partial charge in [0.05, 0.1) is 109 Å². The van der Waals surface area contributed by atoms with Crippen molar-refractivity contribution in [3.63, 3.8) is 0 Å². The van der Waals surface area contributed by atoms with E-state index in [4.69, 9.17) is 18.9 Å². The average Bonchev–Trinajstić information content (AvgIpc) is 3.41. The number of nitrogens with one attached hydrogen (secondary N) is 2. The molecule has 0 aliphatic carbocycles. The second-order valence-corrected chi connectivity index (χ2v) is 17.8. The van der Waals surface area contributed by atoms with E-state index in [0.29, 0.717) is 76.0 Å². The molecule has 9 rings (SSSR count). The number of morpholine rings is 2. The molecular formula is C50H55F6N11O8. The summed E-state index contributed by atoms with van der Waals surface area (Å²) in [5.41, 5.74) is 1.11. The van der Waals surface area contributed by atoms with Crippen LogP contribution in [0.1, 0.15) is 80.8 Å². The van der Waals surface area contributed by atoms with E-state index in [0.717, 1.165) is 48.7 Å². The number of hydrogen-bond acceptors (Lipinski definition) is 16. The number of anilines is 6. The van der Waals surface area contributed by atoms with Crippen LogP contribution in [-0.2, 0) is 26.6 Å². The van der Waals surface area contributed by atoms with Crippen molar-refractivity contribution in [1.82, 2.24) is 19.9 Å². The molecular weight excluding hydrogens is 997 g/mol. The predicted octanol–water partition coefficient (Wildman–Crippen LogP) is 10.2. The summed E-state index contributed by atoms with van der Waals surface area (Å²) >= 11 is 0. The second kappa shape index (κ2) is 23.3. The molecule has 2 amide bonds. The molecule has 0 spiro atoms. The molecule has 5 aromatic rings. The Morgan fingerprint density at radius 2 is 1.07 bits per heavy atom. The zero-order valence-corrected chi connectivity index (χ0v) is 41.1. The predicted molar refractivity (Wildman–Crippen MR) is 264 cm³/mol. The van der Waals surface area contributed by atoms with Gasteiger partial charge in [-0.25, -0.2) is 29.5 Å². The van der Waals surface area contributed by atoms with Crippen LogP contribution in [0, 0.1) is 10.1 Å². The monoisotopic (exact) mass is 1050 g/mol. The first-order valence-corrected chi connectivity index (χ1v) is 24.4. The van der Waals surface area contributed by atoms with Crippen molar-refractivity contribution in [2.45, 2.75) is 83.0 Å². The Hall–Kier alpha value is -7.54. The van der Waals surface area contributed by atoms with Crippen molar-refractivity contribution in [3.05, 3.63) is 118 Å². The fraction of sp³-hybridized carbons (Fsp3) is 0.440. The topological polar surface area (TPSA) is 203 Å². The molecule has 4 aliphatic rings. The van der Waals surface area contributed by atoms with Gasteiger partial charge in [-0.2, -0.15) is 26.3 Å². The number of rotatable bonds is 11. The second-order valence-electron chi connectivity index (χ2n) is 17.8. The van der Waals surface area contributed by atoms with Crippen molar-refractivity contribution < 1.29 is 59.8 Å². The van der Waals surface area contributed by atoms with Gasteiger partial charge in [-0.15, -0.1) is 0 Å². The quantitative estimate of drug-likeness (QED) is 0.0718. The Kier molecular flexibility index (Phi) is 16.7. The third kappa shape index (κ3) is 12.7. The van der Waals surface area contributed by atoms with Gasteiger partial charge in [-0.1, -0.05) is 13.8 Å². The standard InChI is InChI=1S/C27H27F3N6O5.C23H28F3N5O3/c1-2-18-14-23(33-25-31-15-20(16-32-25)34-9-11-40-12-10-34)22-13-17(27(28,29)30)3-8-24(22)35(18)26(37)41-21-6-4-19(5-7-21)36(38)39;1-3-16-12-19(29-21-27-13-17(14-28-21)30-7-9-33-10-8-30)18-11-15(23(24,25)26)5-6-20(18)31(16)22(32)34-4-2/h3-8,13,15-16,18,23H,2,9-12,14H2,1H3,(H,31,32,33);5-6,11,13-14,16,19H,3-4,7-10,12H2,1-2H3,(H,27,28,29)/t18-,23+;16-,19+/m11/s1. The molecule has 19 nitrogen and oxygen atoms in total. The number of fused-ring (bicyclic) bond motifs is 2. The summed E-state index contributed by atoms with van der Waals surface area (Å²) < 4.78 is 103. The van der Waals surface area contributed by atoms with E-state index in [1.807, 2.05) is 13.8 Å². The Morgan fingerprint density at radius 3 is 1.44 bits per heavy atom. The first kappa shape index (κ1) is 53.7. The summed E-state index contributed by atoms with van der Waals surface area (Å²) in [6.07, 6.45) is -2.06. The Labute approximate surface area is 427 Å². The molecule has 0 saturated carbocycles. The minimum atomic E-state index is -4.60. The lowest BCUT2D eigenvalue weighted by Crippen LogP contribution is -2.47. The third-order valence-corrected chi connectivity index (χ3v) is 13.2. The number of halogens is 6. The lowest BCUT2D eigenvalue weighted by molar-refractivity contribution is -0.384. The lowest BCUT2D eigenvalue weighted by atomic mass is 9.89. The van der Waals surface area contributed by atoms with Crippen molar-refractivity contribution in [3.8, 4) is 5.75 Å². The van der Waals surface area contributed by atoms with E-state index in [1.165, 1.54) is 46.2 Å². The van der Waals surface area contributed by atoms with Crippen LogP contribution in [0.2, 0.25) is 0 Å². The molecule has 75 heavy (non-hydrogen) atoms. The highest BCUT2D eigenvalue weighted by molar-refractivity contribution is 5.92. The van der Waals surface area contributed by atoms with Gasteiger partial charge < -0.3 is 39.4 Å². The summed E-state index contributed by atoms with van der Waals surface area (Å²) in [5.74, 6) is 0.620. The number of amides is 2. The van der Waals surface area contributed by atoms with E-state index >= 15 is 0 Å². The average molecular weight is 1050 g/mol. The molecule has 6 heterocycles. The molecule has 0 bridgehead atoms. The van der Waals surface area contributed by atoms with E-state index in [9.17, 15) is 46.0 Å². The number of alkyl halides is 6. The fourth-order valence-corrected chi connectivity index (χ4v) is 9.38. The number of hydrogen-bond donors (Lipinski definition) is 2. The summed E-state index contributed by atoms with van der Waals surface area (Å²) in [6.45, 7) is 11.0. The van der Waals surface area contributed by atoms with Gasteiger partial charge in [0.25, 0.3) is 5.69 Å². The number of nitro groups is 1. The van der Waals surface area contributed by atoms with Crippen LogP contribution in [0.15, 0.2) is 85.5 Å². The molecule has 4 aliphatic heterocycles. The summed E-state index contributed by atoms with van der Waals surface area (Å²) in [6, 6.07) is 9.77. The Bertz CT molecular complexity index is 2760. The van der Waals surface area contributed by atoms with Gasteiger partial charge in [-0.3, -0.25) is 19.9 Å². The molecule has 0 unspecified atom stereocenters. The third-order valence-electron chi connectivity index (χ3n) is 13.2. The van der Waals surface area contributed by atoms with Gasteiger partial charge in [0.1, 0.15) is 5.75 Å². The van der Waals surface area contributed by atoms with Gasteiger partial charge in [0.15, 0.2) is 0 Å². The fourth-order valence-electron chi connectivity index (χ4n) is 9.38. The lowest BCUT2D eigenvalue weighted by Gasteiger charge is -2.40. The van der Waals surface area contributed by atoms with Gasteiger partial charge in [0, 0.05) is 50.4 Å².